The Balaban J connectivity index is 1.97. The molecule has 0 saturated heterocycles. The summed E-state index contributed by atoms with van der Waals surface area (Å²) in [6.07, 6.45) is 0. The van der Waals surface area contributed by atoms with Crippen LogP contribution in [0.5, 0.6) is 11.5 Å². The summed E-state index contributed by atoms with van der Waals surface area (Å²) in [5.41, 5.74) is 2.22. The first-order valence-electron chi connectivity index (χ1n) is 6.60. The molecule has 0 aliphatic rings. The summed E-state index contributed by atoms with van der Waals surface area (Å²) in [4.78, 5) is 11.8. The Kier molecular flexibility index (Phi) is 5.03. The third kappa shape index (κ3) is 4.00. The SMILES string of the molecule is Cc1cc(Cl)cc(C)c1OCC(=O)Oc1ccc(C#N)cc1. The van der Waals surface area contributed by atoms with E-state index < -0.39 is 5.97 Å². The lowest BCUT2D eigenvalue weighted by atomic mass is 10.1. The summed E-state index contributed by atoms with van der Waals surface area (Å²) in [5.74, 6) is 0.483. The van der Waals surface area contributed by atoms with Gasteiger partial charge in [-0.1, -0.05) is 11.6 Å². The number of benzene rings is 2. The zero-order chi connectivity index (χ0) is 16.1. The normalized spacial score (nSPS) is 9.91. The van der Waals surface area contributed by atoms with Crippen LogP contribution in [0.25, 0.3) is 0 Å². The average molecular weight is 316 g/mol. The minimum absolute atomic E-state index is 0.205. The van der Waals surface area contributed by atoms with E-state index in [1.165, 1.54) is 0 Å². The standard InChI is InChI=1S/C17H14ClNO3/c1-11-7-14(18)8-12(2)17(11)21-10-16(20)22-15-5-3-13(9-19)4-6-15/h3-8H,10H2,1-2H3. The van der Waals surface area contributed by atoms with Gasteiger partial charge >= 0.3 is 5.97 Å². The third-order valence-electron chi connectivity index (χ3n) is 2.97. The first-order valence-corrected chi connectivity index (χ1v) is 6.98. The molecule has 0 saturated carbocycles. The fourth-order valence-corrected chi connectivity index (χ4v) is 2.34. The highest BCUT2D eigenvalue weighted by Gasteiger charge is 2.10. The van der Waals surface area contributed by atoms with E-state index >= 15 is 0 Å². The van der Waals surface area contributed by atoms with Crippen molar-refractivity contribution in [3.63, 3.8) is 0 Å². The smallest absolute Gasteiger partial charge is 0.349 e. The monoisotopic (exact) mass is 315 g/mol. The fraction of sp³-hybridized carbons (Fsp3) is 0.176. The lowest BCUT2D eigenvalue weighted by Crippen LogP contribution is -2.18. The number of carbonyl (C=O) groups excluding carboxylic acids is 1. The second kappa shape index (κ2) is 6.97. The van der Waals surface area contributed by atoms with Gasteiger partial charge in [-0.3, -0.25) is 0 Å². The Morgan fingerprint density at radius 1 is 1.18 bits per heavy atom. The highest BCUT2D eigenvalue weighted by Crippen LogP contribution is 2.27. The van der Waals surface area contributed by atoms with Crippen molar-refractivity contribution >= 4 is 17.6 Å². The molecule has 2 aromatic carbocycles. The van der Waals surface area contributed by atoms with Crippen LogP contribution >= 0.6 is 11.6 Å². The number of carbonyl (C=O) groups is 1. The number of aryl methyl sites for hydroxylation is 2. The molecule has 4 nitrogen and oxygen atoms in total. The number of hydrogen-bond acceptors (Lipinski definition) is 4. The van der Waals surface area contributed by atoms with Gasteiger partial charge in [0.05, 0.1) is 11.6 Å². The number of halogens is 1. The van der Waals surface area contributed by atoms with E-state index in [1.54, 1.807) is 36.4 Å². The average Bonchev–Trinajstić information content (AvgIpc) is 2.47. The molecule has 2 rings (SSSR count). The number of nitriles is 1. The third-order valence-corrected chi connectivity index (χ3v) is 3.19. The van der Waals surface area contributed by atoms with Crippen molar-refractivity contribution in [2.24, 2.45) is 0 Å². The van der Waals surface area contributed by atoms with Crippen LogP contribution in [0.3, 0.4) is 0 Å². The maximum Gasteiger partial charge on any atom is 0.349 e. The number of rotatable bonds is 4. The van der Waals surface area contributed by atoms with Gasteiger partial charge in [-0.25, -0.2) is 4.79 Å². The molecule has 0 unspecified atom stereocenters. The van der Waals surface area contributed by atoms with E-state index in [-0.39, 0.29) is 6.61 Å². The van der Waals surface area contributed by atoms with E-state index in [4.69, 9.17) is 26.3 Å². The first-order chi connectivity index (χ1) is 10.5. The van der Waals surface area contributed by atoms with E-state index in [0.717, 1.165) is 11.1 Å². The number of ether oxygens (including phenoxy) is 2. The first kappa shape index (κ1) is 15.9. The Labute approximate surface area is 133 Å². The van der Waals surface area contributed by atoms with Gasteiger partial charge in [0.2, 0.25) is 0 Å². The Hall–Kier alpha value is -2.51. The number of nitrogens with zero attached hydrogens (tertiary/aromatic N) is 1. The second-order valence-electron chi connectivity index (χ2n) is 4.77. The maximum atomic E-state index is 11.8. The van der Waals surface area contributed by atoms with Gasteiger partial charge in [-0.05, 0) is 61.4 Å². The van der Waals surface area contributed by atoms with Crippen LogP contribution in [0.15, 0.2) is 36.4 Å². The molecule has 0 atom stereocenters. The molecule has 22 heavy (non-hydrogen) atoms. The molecule has 0 aliphatic carbocycles. The highest BCUT2D eigenvalue weighted by molar-refractivity contribution is 6.30. The molecule has 2 aromatic rings. The zero-order valence-electron chi connectivity index (χ0n) is 12.2. The van der Waals surface area contributed by atoms with Crippen LogP contribution in [0, 0.1) is 25.2 Å². The van der Waals surface area contributed by atoms with Crippen LogP contribution < -0.4 is 9.47 Å². The van der Waals surface area contributed by atoms with E-state index in [9.17, 15) is 4.79 Å². The van der Waals surface area contributed by atoms with Crippen LogP contribution in [-0.2, 0) is 4.79 Å². The van der Waals surface area contributed by atoms with Crippen molar-refractivity contribution in [3.05, 3.63) is 58.1 Å². The van der Waals surface area contributed by atoms with Crippen molar-refractivity contribution in [1.29, 1.82) is 5.26 Å². The molecule has 0 aliphatic heterocycles. The van der Waals surface area contributed by atoms with Crippen LogP contribution in [0.2, 0.25) is 5.02 Å². The van der Waals surface area contributed by atoms with Crippen molar-refractivity contribution in [3.8, 4) is 17.6 Å². The van der Waals surface area contributed by atoms with E-state index in [1.807, 2.05) is 19.9 Å². The molecule has 0 aromatic heterocycles. The lowest BCUT2D eigenvalue weighted by Gasteiger charge is -2.12. The molecule has 0 bridgehead atoms. The molecule has 0 amide bonds. The zero-order valence-corrected chi connectivity index (χ0v) is 13.0. The molecule has 0 radical (unpaired) electrons. The fourth-order valence-electron chi connectivity index (χ4n) is 2.01. The Bertz CT molecular complexity index is 710. The van der Waals surface area contributed by atoms with Crippen LogP contribution in [0.4, 0.5) is 0 Å². The van der Waals surface area contributed by atoms with Crippen molar-refractivity contribution in [1.82, 2.24) is 0 Å². The van der Waals surface area contributed by atoms with Gasteiger partial charge in [0.1, 0.15) is 11.5 Å². The Morgan fingerprint density at radius 2 is 1.77 bits per heavy atom. The van der Waals surface area contributed by atoms with Gasteiger partial charge in [-0.15, -0.1) is 0 Å². The molecular weight excluding hydrogens is 302 g/mol. The van der Waals surface area contributed by atoms with Crippen LogP contribution in [-0.4, -0.2) is 12.6 Å². The molecule has 0 spiro atoms. The maximum absolute atomic E-state index is 11.8. The van der Waals surface area contributed by atoms with Gasteiger partial charge in [0, 0.05) is 5.02 Å². The summed E-state index contributed by atoms with van der Waals surface area (Å²) >= 11 is 5.95. The van der Waals surface area contributed by atoms with Gasteiger partial charge in [0.25, 0.3) is 0 Å². The van der Waals surface area contributed by atoms with Crippen molar-refractivity contribution in [2.45, 2.75) is 13.8 Å². The molecular formula is C17H14ClNO3. The minimum Gasteiger partial charge on any atom is -0.481 e. The molecule has 0 heterocycles. The summed E-state index contributed by atoms with van der Waals surface area (Å²) in [6.45, 7) is 3.52. The predicted molar refractivity (Wildman–Crippen MR) is 83.2 cm³/mol. The van der Waals surface area contributed by atoms with Gasteiger partial charge in [-0.2, -0.15) is 5.26 Å². The van der Waals surface area contributed by atoms with Gasteiger partial charge in [0.15, 0.2) is 6.61 Å². The summed E-state index contributed by atoms with van der Waals surface area (Å²) in [5, 5.41) is 9.33. The highest BCUT2D eigenvalue weighted by atomic mass is 35.5. The molecule has 112 valence electrons. The quantitative estimate of drug-likeness (QED) is 0.636. The number of esters is 1. The van der Waals surface area contributed by atoms with Crippen molar-refractivity contribution < 1.29 is 14.3 Å². The largest absolute Gasteiger partial charge is 0.481 e. The topological polar surface area (TPSA) is 59.3 Å². The summed E-state index contributed by atoms with van der Waals surface area (Å²) in [7, 11) is 0. The summed E-state index contributed by atoms with van der Waals surface area (Å²) in [6, 6.07) is 11.8. The summed E-state index contributed by atoms with van der Waals surface area (Å²) < 4.78 is 10.7. The van der Waals surface area contributed by atoms with Crippen LogP contribution in [0.1, 0.15) is 16.7 Å². The van der Waals surface area contributed by atoms with Crippen molar-refractivity contribution in [2.75, 3.05) is 6.61 Å². The molecule has 0 fully saturated rings. The minimum atomic E-state index is -0.515. The number of hydrogen-bond donors (Lipinski definition) is 0. The van der Waals surface area contributed by atoms with E-state index in [2.05, 4.69) is 0 Å². The van der Waals surface area contributed by atoms with E-state index in [0.29, 0.717) is 22.1 Å². The Morgan fingerprint density at radius 3 is 2.32 bits per heavy atom. The van der Waals surface area contributed by atoms with Gasteiger partial charge < -0.3 is 9.47 Å². The molecule has 0 N–H and O–H groups in total. The molecule has 5 heteroatoms. The predicted octanol–water partition coefficient (Wildman–Crippen LogP) is 3.81. The second-order valence-corrected chi connectivity index (χ2v) is 5.20. The lowest BCUT2D eigenvalue weighted by molar-refractivity contribution is -0.136.